The number of pyridine rings is 1. The van der Waals surface area contributed by atoms with Gasteiger partial charge < -0.3 is 10.5 Å². The third-order valence-corrected chi connectivity index (χ3v) is 1.45. The number of hydrogen-bond donors (Lipinski definition) is 1. The largest absolute Gasteiger partial charge is 0.497 e. The van der Waals surface area contributed by atoms with E-state index in [2.05, 4.69) is 4.98 Å². The van der Waals surface area contributed by atoms with Crippen molar-refractivity contribution in [2.45, 2.75) is 13.0 Å². The fraction of sp³-hybridized carbons (Fsp3) is 0.375. The predicted molar refractivity (Wildman–Crippen MR) is 50.6 cm³/mol. The van der Waals surface area contributed by atoms with Gasteiger partial charge in [-0.05, 0) is 13.0 Å². The molecule has 0 saturated heterocycles. The predicted octanol–water partition coefficient (Wildman–Crippen LogP) is 1.53. The summed E-state index contributed by atoms with van der Waals surface area (Å²) in [6.07, 6.45) is 1.69. The van der Waals surface area contributed by atoms with Crippen LogP contribution < -0.4 is 10.5 Å². The van der Waals surface area contributed by atoms with Crippen LogP contribution in [0.2, 0.25) is 0 Å². The maximum Gasteiger partial charge on any atom is 0.122 e. The smallest absolute Gasteiger partial charge is 0.122 e. The van der Waals surface area contributed by atoms with Crippen molar-refractivity contribution in [2.24, 2.45) is 5.73 Å². The van der Waals surface area contributed by atoms with Crippen LogP contribution in [0, 0.1) is 0 Å². The lowest BCUT2D eigenvalue weighted by molar-refractivity contribution is 0.413. The third-order valence-electron chi connectivity index (χ3n) is 1.45. The summed E-state index contributed by atoms with van der Waals surface area (Å²) in [5.74, 6) is 0.798. The van der Waals surface area contributed by atoms with Crippen LogP contribution in [0.5, 0.6) is 5.75 Å². The van der Waals surface area contributed by atoms with Crippen molar-refractivity contribution in [1.82, 2.24) is 4.98 Å². The van der Waals surface area contributed by atoms with E-state index in [4.69, 9.17) is 10.5 Å². The maximum absolute atomic E-state index is 5.62. The minimum absolute atomic E-state index is 0. The van der Waals surface area contributed by atoms with E-state index in [9.17, 15) is 0 Å². The molecule has 2 N–H and O–H groups in total. The van der Waals surface area contributed by atoms with Gasteiger partial charge in [0.25, 0.3) is 0 Å². The van der Waals surface area contributed by atoms with Crippen LogP contribution in [0.15, 0.2) is 18.3 Å². The van der Waals surface area contributed by atoms with Gasteiger partial charge in [0.15, 0.2) is 0 Å². The molecule has 1 atom stereocenters. The molecule has 3 nitrogen and oxygen atoms in total. The highest BCUT2D eigenvalue weighted by atomic mass is 35.5. The first-order chi connectivity index (χ1) is 5.24. The van der Waals surface area contributed by atoms with Crippen molar-refractivity contribution in [3.63, 3.8) is 0 Å². The molecule has 12 heavy (non-hydrogen) atoms. The summed E-state index contributed by atoms with van der Waals surface area (Å²) in [5, 5.41) is 0. The molecule has 1 rings (SSSR count). The normalized spacial score (nSPS) is 11.6. The number of hydrogen-bond acceptors (Lipinski definition) is 3. The van der Waals surface area contributed by atoms with Gasteiger partial charge in [0.05, 0.1) is 12.8 Å². The molecule has 68 valence electrons. The van der Waals surface area contributed by atoms with E-state index < -0.39 is 0 Å². The van der Waals surface area contributed by atoms with Gasteiger partial charge in [0.1, 0.15) is 5.75 Å². The van der Waals surface area contributed by atoms with E-state index in [1.807, 2.05) is 13.0 Å². The minimum atomic E-state index is -0.0369. The monoisotopic (exact) mass is 188 g/mol. The van der Waals surface area contributed by atoms with Crippen molar-refractivity contribution in [2.75, 3.05) is 7.11 Å². The Kier molecular flexibility index (Phi) is 4.62. The lowest BCUT2D eigenvalue weighted by atomic mass is 10.2. The van der Waals surface area contributed by atoms with E-state index in [1.165, 1.54) is 0 Å². The Bertz CT molecular complexity index is 240. The standard InChI is InChI=1S/C8H12N2O.ClH/c1-6(9)8-5-7(11-2)3-4-10-8;/h3-6H,9H2,1-2H3;1H/t6-;/m0./s1. The average Bonchev–Trinajstić information content (AvgIpc) is 2.05. The number of methoxy groups -OCH3 is 1. The molecular weight excluding hydrogens is 176 g/mol. The summed E-state index contributed by atoms with van der Waals surface area (Å²) in [6.45, 7) is 1.89. The highest BCUT2D eigenvalue weighted by Crippen LogP contribution is 2.13. The second kappa shape index (κ2) is 4.95. The summed E-state index contributed by atoms with van der Waals surface area (Å²) in [4.78, 5) is 4.08. The molecule has 0 spiro atoms. The molecule has 0 aliphatic heterocycles. The molecule has 0 fully saturated rings. The van der Waals surface area contributed by atoms with Gasteiger partial charge in [-0.1, -0.05) is 0 Å². The molecule has 0 bridgehead atoms. The number of halogens is 1. The first kappa shape index (κ1) is 11.2. The Labute approximate surface area is 78.4 Å². The SMILES string of the molecule is COc1ccnc([C@H](C)N)c1.Cl. The Morgan fingerprint density at radius 3 is 2.75 bits per heavy atom. The molecule has 0 saturated carbocycles. The molecular formula is C8H13ClN2O. The quantitative estimate of drug-likeness (QED) is 0.766. The highest BCUT2D eigenvalue weighted by Gasteiger charge is 2.00. The zero-order chi connectivity index (χ0) is 8.27. The molecule has 1 aromatic rings. The fourth-order valence-corrected chi connectivity index (χ4v) is 0.804. The molecule has 0 aliphatic carbocycles. The lowest BCUT2D eigenvalue weighted by Gasteiger charge is -2.05. The van der Waals surface area contributed by atoms with Crippen LogP contribution in [0.25, 0.3) is 0 Å². The van der Waals surface area contributed by atoms with Gasteiger partial charge in [0, 0.05) is 18.3 Å². The summed E-state index contributed by atoms with van der Waals surface area (Å²) in [7, 11) is 1.63. The summed E-state index contributed by atoms with van der Waals surface area (Å²) in [5.41, 5.74) is 6.47. The highest BCUT2D eigenvalue weighted by molar-refractivity contribution is 5.85. The first-order valence-corrected chi connectivity index (χ1v) is 3.49. The topological polar surface area (TPSA) is 48.1 Å². The summed E-state index contributed by atoms with van der Waals surface area (Å²) >= 11 is 0. The van der Waals surface area contributed by atoms with E-state index in [-0.39, 0.29) is 18.4 Å². The van der Waals surface area contributed by atoms with Gasteiger partial charge in [0.2, 0.25) is 0 Å². The number of nitrogens with zero attached hydrogens (tertiary/aromatic N) is 1. The zero-order valence-electron chi connectivity index (χ0n) is 7.15. The summed E-state index contributed by atoms with van der Waals surface area (Å²) < 4.78 is 5.01. The zero-order valence-corrected chi connectivity index (χ0v) is 7.97. The molecule has 1 heterocycles. The van der Waals surface area contributed by atoms with Crippen LogP contribution >= 0.6 is 12.4 Å². The van der Waals surface area contributed by atoms with E-state index >= 15 is 0 Å². The molecule has 0 aromatic carbocycles. The molecule has 4 heteroatoms. The number of aromatic nitrogens is 1. The number of rotatable bonds is 2. The van der Waals surface area contributed by atoms with Crippen molar-refractivity contribution >= 4 is 12.4 Å². The van der Waals surface area contributed by atoms with Gasteiger partial charge in [-0.15, -0.1) is 12.4 Å². The third kappa shape index (κ3) is 2.68. The van der Waals surface area contributed by atoms with Crippen LogP contribution in [-0.4, -0.2) is 12.1 Å². The van der Waals surface area contributed by atoms with Crippen LogP contribution in [-0.2, 0) is 0 Å². The molecule has 0 aliphatic rings. The van der Waals surface area contributed by atoms with Gasteiger partial charge in [-0.2, -0.15) is 0 Å². The molecule has 1 aromatic heterocycles. The Hall–Kier alpha value is -0.800. The number of ether oxygens (including phenoxy) is 1. The van der Waals surface area contributed by atoms with Crippen LogP contribution in [0.4, 0.5) is 0 Å². The molecule has 0 amide bonds. The lowest BCUT2D eigenvalue weighted by Crippen LogP contribution is -2.06. The van der Waals surface area contributed by atoms with Crippen molar-refractivity contribution < 1.29 is 4.74 Å². The second-order valence-electron chi connectivity index (χ2n) is 2.41. The second-order valence-corrected chi connectivity index (χ2v) is 2.41. The summed E-state index contributed by atoms with van der Waals surface area (Å²) in [6, 6.07) is 3.60. The molecule has 0 radical (unpaired) electrons. The van der Waals surface area contributed by atoms with E-state index in [1.54, 1.807) is 19.4 Å². The Balaban J connectivity index is 0.00000121. The van der Waals surface area contributed by atoms with E-state index in [0.29, 0.717) is 0 Å². The van der Waals surface area contributed by atoms with Crippen molar-refractivity contribution in [3.8, 4) is 5.75 Å². The van der Waals surface area contributed by atoms with E-state index in [0.717, 1.165) is 11.4 Å². The Morgan fingerprint density at radius 1 is 1.58 bits per heavy atom. The first-order valence-electron chi connectivity index (χ1n) is 3.49. The van der Waals surface area contributed by atoms with Gasteiger partial charge >= 0.3 is 0 Å². The Morgan fingerprint density at radius 2 is 2.25 bits per heavy atom. The van der Waals surface area contributed by atoms with Gasteiger partial charge in [-0.3, -0.25) is 4.98 Å². The van der Waals surface area contributed by atoms with Crippen LogP contribution in [0.3, 0.4) is 0 Å². The van der Waals surface area contributed by atoms with Gasteiger partial charge in [-0.25, -0.2) is 0 Å². The maximum atomic E-state index is 5.62. The minimum Gasteiger partial charge on any atom is -0.497 e. The van der Waals surface area contributed by atoms with Crippen molar-refractivity contribution in [3.05, 3.63) is 24.0 Å². The molecule has 0 unspecified atom stereocenters. The fourth-order valence-electron chi connectivity index (χ4n) is 0.804. The van der Waals surface area contributed by atoms with Crippen LogP contribution in [0.1, 0.15) is 18.7 Å². The average molecular weight is 189 g/mol. The van der Waals surface area contributed by atoms with Crippen molar-refractivity contribution in [1.29, 1.82) is 0 Å². The number of nitrogens with two attached hydrogens (primary N) is 1.